The molecule has 0 radical (unpaired) electrons. The van der Waals surface area contributed by atoms with Crippen LogP contribution in [0.2, 0.25) is 0 Å². The number of rotatable bonds is 17. The third kappa shape index (κ3) is 12.7. The van der Waals surface area contributed by atoms with Crippen LogP contribution in [-0.2, 0) is 39.7 Å². The number of ether oxygens (including phenoxy) is 1. The number of sulfonamides is 1. The van der Waals surface area contributed by atoms with Gasteiger partial charge in [-0.2, -0.15) is 0 Å². The van der Waals surface area contributed by atoms with Gasteiger partial charge in [0.05, 0.1) is 25.4 Å². The number of hydrogen-bond acceptors (Lipinski definition) is 9. The number of carbonyl (C=O) groups excluding carboxylic acids is 4. The lowest BCUT2D eigenvalue weighted by Crippen LogP contribution is -2.51. The SMILES string of the molecule is CN=C(N)c1cccc(CS(=O)(=O)NC(CCC(=O)OC)C(=O)N(C)CC(=O)N[C@H](C=O)CCCN=C(N)N)c1. The number of aliphatic imine (C=N–C) groups is 2. The van der Waals surface area contributed by atoms with Crippen molar-refractivity contribution in [3.63, 3.8) is 0 Å². The van der Waals surface area contributed by atoms with Crippen molar-refractivity contribution in [3.8, 4) is 0 Å². The van der Waals surface area contributed by atoms with Crippen LogP contribution in [-0.4, -0.2) is 95.6 Å². The van der Waals surface area contributed by atoms with Crippen molar-refractivity contribution in [3.05, 3.63) is 35.4 Å². The lowest BCUT2D eigenvalue weighted by atomic mass is 10.1. The molecule has 1 aromatic carbocycles. The summed E-state index contributed by atoms with van der Waals surface area (Å²) in [4.78, 5) is 57.4. The van der Waals surface area contributed by atoms with E-state index in [1.807, 2.05) is 0 Å². The number of hydrogen-bond donors (Lipinski definition) is 5. The quantitative estimate of drug-likeness (QED) is 0.0443. The summed E-state index contributed by atoms with van der Waals surface area (Å²) in [6, 6.07) is 4.24. The second-order valence-electron chi connectivity index (χ2n) is 8.81. The molecule has 0 saturated carbocycles. The Morgan fingerprint density at radius 1 is 1.18 bits per heavy atom. The molecule has 0 saturated heterocycles. The van der Waals surface area contributed by atoms with E-state index in [1.54, 1.807) is 24.3 Å². The fraction of sp³-hybridized carbons (Fsp3) is 0.500. The molecule has 8 N–H and O–H groups in total. The number of benzene rings is 1. The summed E-state index contributed by atoms with van der Waals surface area (Å²) in [5, 5.41) is 2.49. The monoisotopic (exact) mass is 582 g/mol. The van der Waals surface area contributed by atoms with E-state index in [0.29, 0.717) is 23.8 Å². The molecule has 0 aliphatic carbocycles. The molecule has 0 spiro atoms. The lowest BCUT2D eigenvalue weighted by molar-refractivity contribution is -0.141. The first-order chi connectivity index (χ1) is 18.8. The van der Waals surface area contributed by atoms with Crippen LogP contribution in [0.3, 0.4) is 0 Å². The fourth-order valence-electron chi connectivity index (χ4n) is 3.53. The molecule has 15 nitrogen and oxygen atoms in total. The first kappa shape index (κ1) is 34.0. The maximum absolute atomic E-state index is 13.1. The first-order valence-electron chi connectivity index (χ1n) is 12.2. The summed E-state index contributed by atoms with van der Waals surface area (Å²) in [6.45, 7) is -0.196. The van der Waals surface area contributed by atoms with Gasteiger partial charge in [-0.15, -0.1) is 0 Å². The van der Waals surface area contributed by atoms with Gasteiger partial charge >= 0.3 is 5.97 Å². The first-order valence-corrected chi connectivity index (χ1v) is 13.9. The topological polar surface area (TPSA) is 242 Å². The Morgan fingerprint density at radius 2 is 1.88 bits per heavy atom. The third-order valence-electron chi connectivity index (χ3n) is 5.54. The maximum Gasteiger partial charge on any atom is 0.305 e. The van der Waals surface area contributed by atoms with Gasteiger partial charge in [-0.3, -0.25) is 24.4 Å². The van der Waals surface area contributed by atoms with Gasteiger partial charge in [0.1, 0.15) is 18.2 Å². The van der Waals surface area contributed by atoms with E-state index in [-0.39, 0.29) is 37.6 Å². The summed E-state index contributed by atoms with van der Waals surface area (Å²) in [6.07, 6.45) is 0.777. The van der Waals surface area contributed by atoms with Crippen LogP contribution in [0.4, 0.5) is 0 Å². The molecule has 40 heavy (non-hydrogen) atoms. The molecular formula is C24H38N8O7S. The average Bonchev–Trinajstić information content (AvgIpc) is 2.91. The lowest BCUT2D eigenvalue weighted by Gasteiger charge is -2.24. The number of nitrogens with one attached hydrogen (secondary N) is 2. The number of guanidine groups is 1. The summed E-state index contributed by atoms with van der Waals surface area (Å²) in [5.74, 6) is -2.39. The Morgan fingerprint density at radius 3 is 2.48 bits per heavy atom. The number of nitrogens with zero attached hydrogens (tertiary/aromatic N) is 3. The third-order valence-corrected chi connectivity index (χ3v) is 6.90. The van der Waals surface area contributed by atoms with Crippen molar-refractivity contribution >= 4 is 45.9 Å². The molecule has 2 amide bonds. The van der Waals surface area contributed by atoms with Gasteiger partial charge in [-0.25, -0.2) is 13.1 Å². The van der Waals surface area contributed by atoms with Gasteiger partial charge in [-0.1, -0.05) is 18.2 Å². The van der Waals surface area contributed by atoms with Crippen molar-refractivity contribution < 1.29 is 32.3 Å². The van der Waals surface area contributed by atoms with E-state index in [4.69, 9.17) is 17.2 Å². The number of carbonyl (C=O) groups is 4. The highest BCUT2D eigenvalue weighted by molar-refractivity contribution is 7.88. The molecule has 1 rings (SSSR count). The minimum absolute atomic E-state index is 0.0895. The molecule has 1 unspecified atom stereocenters. The highest BCUT2D eigenvalue weighted by atomic mass is 32.2. The summed E-state index contributed by atoms with van der Waals surface area (Å²) in [5.41, 5.74) is 17.2. The van der Waals surface area contributed by atoms with E-state index in [0.717, 1.165) is 4.90 Å². The largest absolute Gasteiger partial charge is 0.469 e. The molecule has 0 heterocycles. The number of methoxy groups -OCH3 is 1. The zero-order valence-electron chi connectivity index (χ0n) is 22.8. The smallest absolute Gasteiger partial charge is 0.305 e. The van der Waals surface area contributed by atoms with Crippen LogP contribution in [0, 0.1) is 0 Å². The molecule has 0 bridgehead atoms. The summed E-state index contributed by atoms with van der Waals surface area (Å²) < 4.78 is 32.9. The van der Waals surface area contributed by atoms with Crippen LogP contribution in [0.1, 0.15) is 36.8 Å². The van der Waals surface area contributed by atoms with Crippen molar-refractivity contribution in [2.24, 2.45) is 27.2 Å². The predicted molar refractivity (Wildman–Crippen MR) is 149 cm³/mol. The molecule has 0 aliphatic heterocycles. The number of aldehydes is 1. The van der Waals surface area contributed by atoms with E-state index in [1.165, 1.54) is 21.2 Å². The standard InChI is InChI=1S/C24H38N8O7S/c1-28-22(25)17-7-4-6-16(12-17)15-40(37,38)31-19(9-10-21(35)39-3)23(36)32(2)13-20(34)30-18(14-33)8-5-11-29-24(26)27/h4,6-7,12,14,18-19,31H,5,8-11,13,15H2,1-3H3,(H2,25,28)(H,30,34)(H4,26,27,29)/t18-,19?/m0/s1. The second kappa shape index (κ2) is 16.8. The molecule has 0 aromatic heterocycles. The van der Waals surface area contributed by atoms with Gasteiger partial charge in [0, 0.05) is 32.6 Å². The molecule has 16 heteroatoms. The normalized spacial score (nSPS) is 13.0. The number of amidine groups is 1. The van der Waals surface area contributed by atoms with Gasteiger partial charge < -0.3 is 36.9 Å². The van der Waals surface area contributed by atoms with Gasteiger partial charge in [0.2, 0.25) is 21.8 Å². The van der Waals surface area contributed by atoms with Crippen LogP contribution in [0.25, 0.3) is 0 Å². The van der Waals surface area contributed by atoms with Crippen LogP contribution >= 0.6 is 0 Å². The fourth-order valence-corrected chi connectivity index (χ4v) is 4.88. The van der Waals surface area contributed by atoms with Crippen molar-refractivity contribution in [1.29, 1.82) is 0 Å². The summed E-state index contributed by atoms with van der Waals surface area (Å²) >= 11 is 0. The Balaban J connectivity index is 2.93. The maximum atomic E-state index is 13.1. The summed E-state index contributed by atoms with van der Waals surface area (Å²) in [7, 11) is -0.126. The highest BCUT2D eigenvalue weighted by Gasteiger charge is 2.29. The van der Waals surface area contributed by atoms with Gasteiger partial charge in [0.25, 0.3) is 0 Å². The Kier molecular flexibility index (Phi) is 14.3. The van der Waals surface area contributed by atoms with Crippen LogP contribution in [0.5, 0.6) is 0 Å². The predicted octanol–water partition coefficient (Wildman–Crippen LogP) is -2.04. The Hall–Kier alpha value is -4.05. The van der Waals surface area contributed by atoms with Crippen molar-refractivity contribution in [2.45, 2.75) is 43.5 Å². The second-order valence-corrected chi connectivity index (χ2v) is 10.6. The van der Waals surface area contributed by atoms with Crippen LogP contribution in [0.15, 0.2) is 34.3 Å². The van der Waals surface area contributed by atoms with Gasteiger partial charge in [0.15, 0.2) is 5.96 Å². The molecule has 222 valence electrons. The average molecular weight is 583 g/mol. The van der Waals surface area contributed by atoms with E-state index >= 15 is 0 Å². The van der Waals surface area contributed by atoms with E-state index < -0.39 is 52.2 Å². The zero-order valence-corrected chi connectivity index (χ0v) is 23.6. The van der Waals surface area contributed by atoms with E-state index in [9.17, 15) is 27.6 Å². The minimum Gasteiger partial charge on any atom is -0.469 e. The highest BCUT2D eigenvalue weighted by Crippen LogP contribution is 2.12. The van der Waals surface area contributed by atoms with Gasteiger partial charge in [-0.05, 0) is 30.9 Å². The molecule has 0 fully saturated rings. The van der Waals surface area contributed by atoms with Crippen molar-refractivity contribution in [2.75, 3.05) is 34.3 Å². The number of esters is 1. The zero-order chi connectivity index (χ0) is 30.3. The van der Waals surface area contributed by atoms with Crippen molar-refractivity contribution in [1.82, 2.24) is 14.9 Å². The molecular weight excluding hydrogens is 544 g/mol. The Bertz CT molecular complexity index is 1200. The molecule has 0 aliphatic rings. The minimum atomic E-state index is -4.09. The molecule has 2 atom stereocenters. The number of amides is 2. The van der Waals surface area contributed by atoms with E-state index in [2.05, 4.69) is 24.8 Å². The van der Waals surface area contributed by atoms with Crippen LogP contribution < -0.4 is 27.2 Å². The Labute approximate surface area is 233 Å². The number of nitrogens with two attached hydrogens (primary N) is 3. The molecule has 1 aromatic rings. The number of likely N-dealkylation sites (N-methyl/N-ethyl adjacent to an activating group) is 1.